The van der Waals surface area contributed by atoms with Gasteiger partial charge in [-0.3, -0.25) is 0 Å². The molecule has 0 amide bonds. The van der Waals surface area contributed by atoms with Crippen LogP contribution >= 0.6 is 0 Å². The van der Waals surface area contributed by atoms with Crippen molar-refractivity contribution in [3.63, 3.8) is 0 Å². The van der Waals surface area contributed by atoms with Gasteiger partial charge in [-0.25, -0.2) is 0 Å². The maximum Gasteiger partial charge on any atom is 0.0546 e. The Morgan fingerprint density at radius 1 is 0.222 bits per heavy atom. The molecule has 0 N–H and O–H groups in total. The first kappa shape index (κ1) is 36.6. The fourth-order valence-electron chi connectivity index (χ4n) is 9.94. The number of anilines is 3. The molecule has 294 valence electrons. The molecule has 0 saturated carbocycles. The molecule has 0 aliphatic heterocycles. The third-order valence-electron chi connectivity index (χ3n) is 12.8. The number of hydrogen-bond donors (Lipinski definition) is 0. The van der Waals surface area contributed by atoms with Crippen molar-refractivity contribution in [3.05, 3.63) is 249 Å². The third kappa shape index (κ3) is 6.33. The smallest absolute Gasteiger partial charge is 0.0546 e. The van der Waals surface area contributed by atoms with Crippen LogP contribution in [0.2, 0.25) is 0 Å². The second-order valence-corrected chi connectivity index (χ2v) is 16.4. The number of nitrogens with zero attached hydrogens (tertiary/aromatic N) is 1. The van der Waals surface area contributed by atoms with E-state index < -0.39 is 0 Å². The average molecular weight is 800 g/mol. The lowest BCUT2D eigenvalue weighted by Crippen LogP contribution is -2.11. The van der Waals surface area contributed by atoms with Gasteiger partial charge >= 0.3 is 0 Å². The van der Waals surface area contributed by atoms with Crippen LogP contribution in [0.4, 0.5) is 17.1 Å². The van der Waals surface area contributed by atoms with Crippen LogP contribution in [0, 0.1) is 0 Å². The molecule has 0 saturated heterocycles. The monoisotopic (exact) mass is 799 g/mol. The lowest BCUT2D eigenvalue weighted by Gasteiger charge is -2.28. The van der Waals surface area contributed by atoms with Gasteiger partial charge in [-0.15, -0.1) is 0 Å². The molecule has 0 aliphatic rings. The van der Waals surface area contributed by atoms with Crippen LogP contribution in [0.5, 0.6) is 0 Å². The van der Waals surface area contributed by atoms with Crippen molar-refractivity contribution in [2.75, 3.05) is 4.90 Å². The van der Waals surface area contributed by atoms with Crippen molar-refractivity contribution in [3.8, 4) is 44.5 Å². The van der Waals surface area contributed by atoms with E-state index >= 15 is 0 Å². The number of benzene rings is 12. The SMILES string of the molecule is c1ccc(-c2c(-c3ccccc3)c3cc(-c4cccc(N(c5cccc(-c6cccc7ccccc67)c5)c5cc6ccccc6c6ccccc56)c4)ccc3c3ccccc23)cc1. The Morgan fingerprint density at radius 3 is 1.40 bits per heavy atom. The van der Waals surface area contributed by atoms with Crippen LogP contribution in [0.15, 0.2) is 249 Å². The zero-order valence-corrected chi connectivity index (χ0v) is 34.6. The summed E-state index contributed by atoms with van der Waals surface area (Å²) in [5, 5.41) is 12.4. The Bertz CT molecular complexity index is 3670. The van der Waals surface area contributed by atoms with Gasteiger partial charge in [0.25, 0.3) is 0 Å². The van der Waals surface area contributed by atoms with Gasteiger partial charge < -0.3 is 4.90 Å². The van der Waals surface area contributed by atoms with Crippen molar-refractivity contribution in [2.45, 2.75) is 0 Å². The lowest BCUT2D eigenvalue weighted by molar-refractivity contribution is 1.30. The third-order valence-corrected chi connectivity index (χ3v) is 12.8. The van der Waals surface area contributed by atoms with Crippen LogP contribution in [-0.2, 0) is 0 Å². The molecule has 1 nitrogen and oxygen atoms in total. The first-order chi connectivity index (χ1) is 31.3. The molecule has 0 spiro atoms. The minimum atomic E-state index is 1.09. The topological polar surface area (TPSA) is 3.24 Å². The molecule has 0 radical (unpaired) electrons. The molecule has 12 aromatic rings. The van der Waals surface area contributed by atoms with E-state index in [1.54, 1.807) is 0 Å². The minimum Gasteiger partial charge on any atom is -0.310 e. The molecule has 0 aliphatic carbocycles. The fraction of sp³-hybridized carbons (Fsp3) is 0. The van der Waals surface area contributed by atoms with Crippen molar-refractivity contribution in [2.24, 2.45) is 0 Å². The Kier molecular flexibility index (Phi) is 8.90. The van der Waals surface area contributed by atoms with Gasteiger partial charge in [0.2, 0.25) is 0 Å². The van der Waals surface area contributed by atoms with E-state index in [9.17, 15) is 0 Å². The first-order valence-corrected chi connectivity index (χ1v) is 21.8. The Hall–Kier alpha value is -8.26. The van der Waals surface area contributed by atoms with Crippen LogP contribution in [0.3, 0.4) is 0 Å². The van der Waals surface area contributed by atoms with E-state index in [4.69, 9.17) is 0 Å². The zero-order valence-electron chi connectivity index (χ0n) is 34.6. The molecular formula is C62H41N. The average Bonchev–Trinajstić information content (AvgIpc) is 3.36. The predicted molar refractivity (Wildman–Crippen MR) is 270 cm³/mol. The van der Waals surface area contributed by atoms with E-state index in [1.165, 1.54) is 92.8 Å². The quantitative estimate of drug-likeness (QED) is 0.145. The molecule has 0 heterocycles. The van der Waals surface area contributed by atoms with E-state index in [1.807, 2.05) is 0 Å². The highest BCUT2D eigenvalue weighted by Gasteiger charge is 2.21. The highest BCUT2D eigenvalue weighted by molar-refractivity contribution is 6.22. The lowest BCUT2D eigenvalue weighted by atomic mass is 9.84. The van der Waals surface area contributed by atoms with Crippen molar-refractivity contribution >= 4 is 70.9 Å². The van der Waals surface area contributed by atoms with Gasteiger partial charge in [0.1, 0.15) is 0 Å². The van der Waals surface area contributed by atoms with Crippen LogP contribution in [-0.4, -0.2) is 0 Å². The molecule has 0 unspecified atom stereocenters. The summed E-state index contributed by atoms with van der Waals surface area (Å²) < 4.78 is 0. The van der Waals surface area contributed by atoms with Crippen molar-refractivity contribution < 1.29 is 0 Å². The first-order valence-electron chi connectivity index (χ1n) is 21.8. The fourth-order valence-corrected chi connectivity index (χ4v) is 9.94. The summed E-state index contributed by atoms with van der Waals surface area (Å²) in [6.07, 6.45) is 0. The van der Waals surface area contributed by atoms with Crippen LogP contribution in [0.1, 0.15) is 0 Å². The van der Waals surface area contributed by atoms with Gasteiger partial charge in [0, 0.05) is 16.8 Å². The summed E-state index contributed by atoms with van der Waals surface area (Å²) in [5.41, 5.74) is 13.0. The molecule has 0 fully saturated rings. The van der Waals surface area contributed by atoms with Crippen LogP contribution < -0.4 is 4.90 Å². The highest BCUT2D eigenvalue weighted by Crippen LogP contribution is 2.47. The Balaban J connectivity index is 1.10. The predicted octanol–water partition coefficient (Wildman–Crippen LogP) is 17.6. The van der Waals surface area contributed by atoms with Gasteiger partial charge in [-0.1, -0.05) is 212 Å². The number of hydrogen-bond acceptors (Lipinski definition) is 1. The summed E-state index contributed by atoms with van der Waals surface area (Å²) >= 11 is 0. The maximum absolute atomic E-state index is 2.46. The second kappa shape index (κ2) is 15.3. The molecule has 12 aromatic carbocycles. The molecule has 1 heteroatoms. The summed E-state index contributed by atoms with van der Waals surface area (Å²) in [4.78, 5) is 2.46. The minimum absolute atomic E-state index is 1.09. The largest absolute Gasteiger partial charge is 0.310 e. The normalized spacial score (nSPS) is 11.5. The second-order valence-electron chi connectivity index (χ2n) is 16.4. The summed E-state index contributed by atoms with van der Waals surface area (Å²) in [6.45, 7) is 0. The molecule has 12 rings (SSSR count). The molecule has 0 atom stereocenters. The van der Waals surface area contributed by atoms with E-state index in [2.05, 4.69) is 254 Å². The van der Waals surface area contributed by atoms with E-state index in [0.717, 1.165) is 22.6 Å². The summed E-state index contributed by atoms with van der Waals surface area (Å²) in [5.74, 6) is 0. The van der Waals surface area contributed by atoms with Gasteiger partial charge in [0.05, 0.1) is 5.69 Å². The van der Waals surface area contributed by atoms with E-state index in [-0.39, 0.29) is 0 Å². The highest BCUT2D eigenvalue weighted by atomic mass is 15.1. The number of rotatable bonds is 7. The maximum atomic E-state index is 2.46. The standard InChI is InChI=1S/C62H41N/c1-3-19-43(20-4-1)61-58-34-14-12-32-55(58)56-37-36-46(40-59(56)62(61)44-21-5-2-6-22-44)45-25-15-27-49(38-45)63(60-41-48-23-8-10-30-53(48)54-31-11-13-33-57(54)60)50-28-16-26-47(39-50)52-35-17-24-42-18-7-9-29-51(42)52/h1-41H. The summed E-state index contributed by atoms with van der Waals surface area (Å²) in [6, 6.07) is 91.2. The molecular weight excluding hydrogens is 759 g/mol. The molecule has 0 bridgehead atoms. The zero-order chi connectivity index (χ0) is 41.7. The molecule has 63 heavy (non-hydrogen) atoms. The Morgan fingerprint density at radius 2 is 0.683 bits per heavy atom. The van der Waals surface area contributed by atoms with Crippen molar-refractivity contribution in [1.82, 2.24) is 0 Å². The number of fused-ring (bicyclic) bond motifs is 7. The summed E-state index contributed by atoms with van der Waals surface area (Å²) in [7, 11) is 0. The van der Waals surface area contributed by atoms with Crippen molar-refractivity contribution in [1.29, 1.82) is 0 Å². The van der Waals surface area contributed by atoms with Gasteiger partial charge in [-0.05, 0) is 129 Å². The Labute approximate surface area is 367 Å². The van der Waals surface area contributed by atoms with Gasteiger partial charge in [-0.2, -0.15) is 0 Å². The van der Waals surface area contributed by atoms with Crippen LogP contribution in [0.25, 0.3) is 98.4 Å². The van der Waals surface area contributed by atoms with Gasteiger partial charge in [0.15, 0.2) is 0 Å². The van der Waals surface area contributed by atoms with E-state index in [0.29, 0.717) is 0 Å². The molecule has 0 aromatic heterocycles.